The van der Waals surface area contributed by atoms with E-state index in [1.165, 1.54) is 12.7 Å². The Morgan fingerprint density at radius 3 is 2.86 bits per heavy atom. The van der Waals surface area contributed by atoms with Crippen molar-refractivity contribution in [3.8, 4) is 5.88 Å². The lowest BCUT2D eigenvalue weighted by Crippen LogP contribution is -2.52. The number of hydrogen-bond donors (Lipinski definition) is 0. The maximum atomic E-state index is 12.6. The summed E-state index contributed by atoms with van der Waals surface area (Å²) in [6, 6.07) is 1.79. The third-order valence-corrected chi connectivity index (χ3v) is 4.17. The summed E-state index contributed by atoms with van der Waals surface area (Å²) in [4.78, 5) is 24.8. The van der Waals surface area contributed by atoms with Crippen LogP contribution in [0.4, 0.5) is 5.82 Å². The van der Waals surface area contributed by atoms with Crippen LogP contribution < -0.4 is 9.64 Å². The predicted octanol–water partition coefficient (Wildman–Crippen LogP) is 0.703. The highest BCUT2D eigenvalue weighted by Crippen LogP contribution is 2.20. The van der Waals surface area contributed by atoms with Crippen LogP contribution in [0.25, 0.3) is 0 Å². The van der Waals surface area contributed by atoms with Crippen LogP contribution in [0.5, 0.6) is 5.88 Å². The Morgan fingerprint density at radius 1 is 1.27 bits per heavy atom. The molecule has 0 aromatic carbocycles. The average molecular weight is 306 g/mol. The number of aromatic nitrogens is 2. The van der Waals surface area contributed by atoms with Crippen molar-refractivity contribution >= 4 is 11.7 Å². The zero-order chi connectivity index (χ0) is 15.4. The summed E-state index contributed by atoms with van der Waals surface area (Å²) >= 11 is 0. The van der Waals surface area contributed by atoms with E-state index in [-0.39, 0.29) is 5.91 Å². The quantitative estimate of drug-likeness (QED) is 0.819. The molecule has 2 aliphatic rings. The maximum absolute atomic E-state index is 12.6. The van der Waals surface area contributed by atoms with Crippen molar-refractivity contribution in [2.75, 3.05) is 44.8 Å². The van der Waals surface area contributed by atoms with Crippen molar-refractivity contribution in [2.45, 2.75) is 25.4 Å². The lowest BCUT2D eigenvalue weighted by Gasteiger charge is -2.36. The van der Waals surface area contributed by atoms with Gasteiger partial charge in [0.15, 0.2) is 6.10 Å². The molecule has 1 aromatic heterocycles. The number of nitrogens with zero attached hydrogens (tertiary/aromatic N) is 4. The lowest BCUT2D eigenvalue weighted by atomic mass is 10.1. The summed E-state index contributed by atoms with van der Waals surface area (Å²) in [7, 11) is 1.58. The summed E-state index contributed by atoms with van der Waals surface area (Å²) in [6.07, 6.45) is 4.46. The summed E-state index contributed by atoms with van der Waals surface area (Å²) in [5.74, 6) is 1.40. The van der Waals surface area contributed by atoms with Crippen LogP contribution in [-0.2, 0) is 9.53 Å². The Bertz CT molecular complexity index is 519. The second kappa shape index (κ2) is 6.91. The van der Waals surface area contributed by atoms with Crippen molar-refractivity contribution in [3.05, 3.63) is 12.4 Å². The van der Waals surface area contributed by atoms with E-state index in [2.05, 4.69) is 14.9 Å². The van der Waals surface area contributed by atoms with Gasteiger partial charge in [0.1, 0.15) is 12.1 Å². The zero-order valence-corrected chi connectivity index (χ0v) is 12.9. The molecule has 0 bridgehead atoms. The summed E-state index contributed by atoms with van der Waals surface area (Å²) < 4.78 is 10.8. The van der Waals surface area contributed by atoms with Crippen LogP contribution in [0.3, 0.4) is 0 Å². The van der Waals surface area contributed by atoms with Gasteiger partial charge in [-0.2, -0.15) is 0 Å². The Balaban J connectivity index is 1.66. The molecule has 3 heterocycles. The lowest BCUT2D eigenvalue weighted by molar-refractivity contribution is -0.145. The van der Waals surface area contributed by atoms with Gasteiger partial charge in [-0.05, 0) is 19.3 Å². The van der Waals surface area contributed by atoms with Crippen LogP contribution in [-0.4, -0.2) is 66.8 Å². The van der Waals surface area contributed by atoms with Crippen molar-refractivity contribution in [2.24, 2.45) is 0 Å². The molecule has 120 valence electrons. The number of carbonyl (C=O) groups excluding carboxylic acids is 1. The highest BCUT2D eigenvalue weighted by molar-refractivity contribution is 5.82. The highest BCUT2D eigenvalue weighted by Gasteiger charge is 2.31. The highest BCUT2D eigenvalue weighted by atomic mass is 16.5. The molecule has 3 rings (SSSR count). The van der Waals surface area contributed by atoms with E-state index in [0.717, 1.165) is 31.7 Å². The molecule has 1 unspecified atom stereocenters. The fourth-order valence-corrected chi connectivity index (χ4v) is 2.94. The summed E-state index contributed by atoms with van der Waals surface area (Å²) in [5.41, 5.74) is 0. The minimum absolute atomic E-state index is 0.102. The molecule has 0 spiro atoms. The molecule has 7 heteroatoms. The van der Waals surface area contributed by atoms with Crippen molar-refractivity contribution in [1.29, 1.82) is 0 Å². The molecule has 0 N–H and O–H groups in total. The van der Waals surface area contributed by atoms with E-state index in [1.54, 1.807) is 13.2 Å². The molecule has 2 aliphatic heterocycles. The van der Waals surface area contributed by atoms with E-state index in [1.807, 2.05) is 4.90 Å². The molecule has 2 fully saturated rings. The molecule has 0 aliphatic carbocycles. The molecule has 1 atom stereocenters. The first-order valence-corrected chi connectivity index (χ1v) is 7.79. The van der Waals surface area contributed by atoms with Gasteiger partial charge in [-0.3, -0.25) is 4.79 Å². The molecular weight excluding hydrogens is 284 g/mol. The third-order valence-electron chi connectivity index (χ3n) is 4.17. The summed E-state index contributed by atoms with van der Waals surface area (Å²) in [6.45, 7) is 3.45. The number of hydrogen-bond acceptors (Lipinski definition) is 6. The van der Waals surface area contributed by atoms with Crippen LogP contribution in [0.15, 0.2) is 12.4 Å². The molecule has 0 radical (unpaired) electrons. The molecule has 7 nitrogen and oxygen atoms in total. The minimum Gasteiger partial charge on any atom is -0.481 e. The standard InChI is InChI=1S/C15H22N4O3/c1-21-14-9-13(16-11-17-14)19-7-8-22-12(10-19)15(20)18-5-3-2-4-6-18/h9,11-12H,2-8,10H2,1H3. The van der Waals surface area contributed by atoms with E-state index < -0.39 is 6.10 Å². The smallest absolute Gasteiger partial charge is 0.253 e. The first-order chi connectivity index (χ1) is 10.8. The molecule has 0 saturated carbocycles. The monoisotopic (exact) mass is 306 g/mol. The van der Waals surface area contributed by atoms with Crippen LogP contribution in [0.1, 0.15) is 19.3 Å². The molecular formula is C15H22N4O3. The van der Waals surface area contributed by atoms with Crippen molar-refractivity contribution in [3.63, 3.8) is 0 Å². The molecule has 1 aromatic rings. The molecule has 22 heavy (non-hydrogen) atoms. The Kier molecular flexibility index (Phi) is 4.72. The zero-order valence-electron chi connectivity index (χ0n) is 12.9. The van der Waals surface area contributed by atoms with Gasteiger partial charge in [-0.25, -0.2) is 9.97 Å². The number of morpholine rings is 1. The van der Waals surface area contributed by atoms with Crippen molar-refractivity contribution in [1.82, 2.24) is 14.9 Å². The van der Waals surface area contributed by atoms with Crippen LogP contribution in [0, 0.1) is 0 Å². The van der Waals surface area contributed by atoms with Gasteiger partial charge in [0.2, 0.25) is 5.88 Å². The van der Waals surface area contributed by atoms with Gasteiger partial charge in [0, 0.05) is 25.7 Å². The largest absolute Gasteiger partial charge is 0.481 e. The number of carbonyl (C=O) groups is 1. The number of anilines is 1. The maximum Gasteiger partial charge on any atom is 0.253 e. The first-order valence-electron chi connectivity index (χ1n) is 7.79. The van der Waals surface area contributed by atoms with Gasteiger partial charge in [0.25, 0.3) is 5.91 Å². The van der Waals surface area contributed by atoms with E-state index >= 15 is 0 Å². The van der Waals surface area contributed by atoms with E-state index in [9.17, 15) is 4.79 Å². The second-order valence-corrected chi connectivity index (χ2v) is 5.61. The number of piperidine rings is 1. The fourth-order valence-electron chi connectivity index (χ4n) is 2.94. The number of rotatable bonds is 3. The summed E-state index contributed by atoms with van der Waals surface area (Å²) in [5, 5.41) is 0. The van der Waals surface area contributed by atoms with Crippen LogP contribution >= 0.6 is 0 Å². The molecule has 1 amide bonds. The second-order valence-electron chi connectivity index (χ2n) is 5.61. The Hall–Kier alpha value is -1.89. The van der Waals surface area contributed by atoms with Gasteiger partial charge < -0.3 is 19.3 Å². The SMILES string of the molecule is COc1cc(N2CCOC(C(=O)N3CCCCC3)C2)ncn1. The third kappa shape index (κ3) is 3.30. The molecule has 2 saturated heterocycles. The fraction of sp³-hybridized carbons (Fsp3) is 0.667. The topological polar surface area (TPSA) is 67.8 Å². The number of likely N-dealkylation sites (tertiary alicyclic amines) is 1. The van der Waals surface area contributed by atoms with Gasteiger partial charge in [0.05, 0.1) is 20.3 Å². The van der Waals surface area contributed by atoms with Gasteiger partial charge in [-0.1, -0.05) is 0 Å². The van der Waals surface area contributed by atoms with Gasteiger partial charge in [-0.15, -0.1) is 0 Å². The minimum atomic E-state index is -0.409. The Labute approximate surface area is 130 Å². The number of amides is 1. The van der Waals surface area contributed by atoms with Crippen molar-refractivity contribution < 1.29 is 14.3 Å². The van der Waals surface area contributed by atoms with Gasteiger partial charge >= 0.3 is 0 Å². The first kappa shape index (κ1) is 15.0. The van der Waals surface area contributed by atoms with E-state index in [4.69, 9.17) is 9.47 Å². The average Bonchev–Trinajstić information content (AvgIpc) is 2.62. The van der Waals surface area contributed by atoms with E-state index in [0.29, 0.717) is 25.6 Å². The number of ether oxygens (including phenoxy) is 2. The number of methoxy groups -OCH3 is 1. The Morgan fingerprint density at radius 2 is 2.09 bits per heavy atom. The predicted molar refractivity (Wildman–Crippen MR) is 81.0 cm³/mol. The normalized spacial score (nSPS) is 22.5. The van der Waals surface area contributed by atoms with Crippen LogP contribution in [0.2, 0.25) is 0 Å².